The highest BCUT2D eigenvalue weighted by molar-refractivity contribution is 5.97. The van der Waals surface area contributed by atoms with Crippen LogP contribution in [0.5, 0.6) is 17.2 Å². The molecule has 29 heavy (non-hydrogen) atoms. The van der Waals surface area contributed by atoms with Gasteiger partial charge in [0.25, 0.3) is 5.91 Å². The summed E-state index contributed by atoms with van der Waals surface area (Å²) in [6, 6.07) is 11.7. The van der Waals surface area contributed by atoms with Crippen LogP contribution in [-0.4, -0.2) is 38.3 Å². The van der Waals surface area contributed by atoms with Gasteiger partial charge in [-0.05, 0) is 62.7 Å². The minimum atomic E-state index is -0.976. The van der Waals surface area contributed by atoms with E-state index in [1.807, 2.05) is 13.8 Å². The van der Waals surface area contributed by atoms with E-state index in [0.717, 1.165) is 6.42 Å². The lowest BCUT2D eigenvalue weighted by atomic mass is 10.2. The molecule has 1 amide bonds. The number of anilines is 1. The number of rotatable bonds is 10. The fourth-order valence-electron chi connectivity index (χ4n) is 2.43. The van der Waals surface area contributed by atoms with Gasteiger partial charge in [-0.1, -0.05) is 6.92 Å². The highest BCUT2D eigenvalue weighted by Crippen LogP contribution is 2.29. The molecule has 2 rings (SSSR count). The van der Waals surface area contributed by atoms with Gasteiger partial charge in [0.2, 0.25) is 0 Å². The van der Waals surface area contributed by atoms with Gasteiger partial charge in [-0.25, -0.2) is 4.79 Å². The quantitative estimate of drug-likeness (QED) is 0.605. The average Bonchev–Trinajstić information content (AvgIpc) is 2.73. The number of carbonyl (C=O) groups is 2. The smallest absolute Gasteiger partial charge is 0.339 e. The lowest BCUT2D eigenvalue weighted by molar-refractivity contribution is -0.123. The van der Waals surface area contributed by atoms with Crippen molar-refractivity contribution < 1.29 is 28.5 Å². The summed E-state index contributed by atoms with van der Waals surface area (Å²) in [5, 5.41) is 2.70. The van der Waals surface area contributed by atoms with Crippen LogP contribution in [0.15, 0.2) is 42.5 Å². The Morgan fingerprint density at radius 2 is 1.72 bits per heavy atom. The lowest BCUT2D eigenvalue weighted by Crippen LogP contribution is -2.30. The summed E-state index contributed by atoms with van der Waals surface area (Å²) in [5.41, 5.74) is 0.858. The van der Waals surface area contributed by atoms with Gasteiger partial charge in [-0.3, -0.25) is 4.79 Å². The highest BCUT2D eigenvalue weighted by atomic mass is 16.5. The van der Waals surface area contributed by atoms with Gasteiger partial charge in [0.1, 0.15) is 5.75 Å². The molecule has 0 saturated heterocycles. The minimum Gasteiger partial charge on any atom is -0.497 e. The molecule has 0 spiro atoms. The topological polar surface area (TPSA) is 83.1 Å². The van der Waals surface area contributed by atoms with Crippen LogP contribution < -0.4 is 19.5 Å². The van der Waals surface area contributed by atoms with Crippen LogP contribution in [0.2, 0.25) is 0 Å². The zero-order valence-corrected chi connectivity index (χ0v) is 17.2. The molecule has 0 aromatic heterocycles. The Kier molecular flexibility index (Phi) is 8.33. The Bertz CT molecular complexity index is 819. The van der Waals surface area contributed by atoms with E-state index in [4.69, 9.17) is 18.9 Å². The maximum Gasteiger partial charge on any atom is 0.339 e. The standard InChI is InChI=1S/C22H27NO6/c1-5-13-28-19-12-7-16(14-20(19)27-6-2)22(25)29-15(3)21(24)23-17-8-10-18(26-4)11-9-17/h7-12,14-15H,5-6,13H2,1-4H3,(H,23,24)/t15-/m1/s1. The van der Waals surface area contributed by atoms with Crippen LogP contribution in [0.25, 0.3) is 0 Å². The molecule has 2 aromatic rings. The third-order valence-electron chi connectivity index (χ3n) is 3.95. The van der Waals surface area contributed by atoms with Gasteiger partial charge >= 0.3 is 5.97 Å². The second-order valence-corrected chi connectivity index (χ2v) is 6.21. The Balaban J connectivity index is 2.01. The van der Waals surface area contributed by atoms with Gasteiger partial charge in [0, 0.05) is 5.69 Å². The molecule has 7 heteroatoms. The first kappa shape index (κ1) is 22.1. The van der Waals surface area contributed by atoms with Crippen molar-refractivity contribution in [3.63, 3.8) is 0 Å². The molecule has 0 aliphatic carbocycles. The average molecular weight is 401 g/mol. The van der Waals surface area contributed by atoms with Gasteiger partial charge in [0.05, 0.1) is 25.9 Å². The van der Waals surface area contributed by atoms with Crippen LogP contribution in [0, 0.1) is 0 Å². The third-order valence-corrected chi connectivity index (χ3v) is 3.95. The maximum absolute atomic E-state index is 12.5. The summed E-state index contributed by atoms with van der Waals surface area (Å²) in [4.78, 5) is 24.8. The van der Waals surface area contributed by atoms with Gasteiger partial charge in [-0.2, -0.15) is 0 Å². The zero-order chi connectivity index (χ0) is 21.2. The van der Waals surface area contributed by atoms with Gasteiger partial charge in [0.15, 0.2) is 17.6 Å². The number of esters is 1. The van der Waals surface area contributed by atoms with Crippen molar-refractivity contribution in [1.82, 2.24) is 0 Å². The van der Waals surface area contributed by atoms with E-state index >= 15 is 0 Å². The predicted molar refractivity (Wildman–Crippen MR) is 110 cm³/mol. The third kappa shape index (κ3) is 6.41. The maximum atomic E-state index is 12.5. The molecule has 156 valence electrons. The molecule has 0 fully saturated rings. The number of ether oxygens (including phenoxy) is 4. The summed E-state index contributed by atoms with van der Waals surface area (Å²) in [5.74, 6) is 0.655. The molecule has 1 N–H and O–H groups in total. The van der Waals surface area contributed by atoms with Gasteiger partial charge < -0.3 is 24.3 Å². The van der Waals surface area contributed by atoms with Crippen LogP contribution in [0.4, 0.5) is 5.69 Å². The monoisotopic (exact) mass is 401 g/mol. The Hall–Kier alpha value is -3.22. The van der Waals surface area contributed by atoms with Crippen LogP contribution >= 0.6 is 0 Å². The molecule has 7 nitrogen and oxygen atoms in total. The van der Waals surface area contributed by atoms with E-state index in [9.17, 15) is 9.59 Å². The first-order valence-corrected chi connectivity index (χ1v) is 9.54. The molecule has 0 saturated carbocycles. The molecule has 0 bridgehead atoms. The summed E-state index contributed by atoms with van der Waals surface area (Å²) in [6.45, 7) is 6.34. The van der Waals surface area contributed by atoms with E-state index in [-0.39, 0.29) is 5.56 Å². The second kappa shape index (κ2) is 10.9. The molecular formula is C22H27NO6. The summed E-state index contributed by atoms with van der Waals surface area (Å²) in [7, 11) is 1.56. The molecule has 0 radical (unpaired) electrons. The summed E-state index contributed by atoms with van der Waals surface area (Å²) < 4.78 is 21.6. The summed E-state index contributed by atoms with van der Waals surface area (Å²) in [6.07, 6.45) is -0.118. The van der Waals surface area contributed by atoms with Crippen molar-refractivity contribution in [2.45, 2.75) is 33.3 Å². The number of carbonyl (C=O) groups excluding carboxylic acids is 2. The van der Waals surface area contributed by atoms with Crippen LogP contribution in [0.3, 0.4) is 0 Å². The summed E-state index contributed by atoms with van der Waals surface area (Å²) >= 11 is 0. The van der Waals surface area contributed by atoms with Crippen molar-refractivity contribution in [3.8, 4) is 17.2 Å². The molecule has 1 atom stereocenters. The SMILES string of the molecule is CCCOc1ccc(C(=O)O[C@H](C)C(=O)Nc2ccc(OC)cc2)cc1OCC. The Morgan fingerprint density at radius 3 is 2.34 bits per heavy atom. The Morgan fingerprint density at radius 1 is 1.00 bits per heavy atom. The fourth-order valence-corrected chi connectivity index (χ4v) is 2.43. The molecular weight excluding hydrogens is 374 g/mol. The van der Waals surface area contributed by atoms with E-state index in [0.29, 0.717) is 36.1 Å². The first-order valence-electron chi connectivity index (χ1n) is 9.54. The highest BCUT2D eigenvalue weighted by Gasteiger charge is 2.20. The van der Waals surface area contributed by atoms with Crippen LogP contribution in [0.1, 0.15) is 37.6 Å². The molecule has 0 unspecified atom stereocenters. The predicted octanol–water partition coefficient (Wildman–Crippen LogP) is 4.07. The number of hydrogen-bond donors (Lipinski definition) is 1. The molecule has 0 aliphatic heterocycles. The van der Waals surface area contributed by atoms with Crippen molar-refractivity contribution in [3.05, 3.63) is 48.0 Å². The van der Waals surface area contributed by atoms with Crippen molar-refractivity contribution in [2.75, 3.05) is 25.6 Å². The molecule has 2 aromatic carbocycles. The second-order valence-electron chi connectivity index (χ2n) is 6.21. The van der Waals surface area contributed by atoms with Crippen molar-refractivity contribution >= 4 is 17.6 Å². The minimum absolute atomic E-state index is 0.279. The largest absolute Gasteiger partial charge is 0.497 e. The molecule has 0 heterocycles. The van der Waals surface area contributed by atoms with Gasteiger partial charge in [-0.15, -0.1) is 0 Å². The van der Waals surface area contributed by atoms with E-state index in [1.165, 1.54) is 6.92 Å². The number of methoxy groups -OCH3 is 1. The van der Waals surface area contributed by atoms with Crippen molar-refractivity contribution in [1.29, 1.82) is 0 Å². The number of hydrogen-bond acceptors (Lipinski definition) is 6. The first-order chi connectivity index (χ1) is 14.0. The zero-order valence-electron chi connectivity index (χ0n) is 17.2. The van der Waals surface area contributed by atoms with E-state index in [2.05, 4.69) is 5.32 Å². The van der Waals surface area contributed by atoms with Crippen molar-refractivity contribution in [2.24, 2.45) is 0 Å². The van der Waals surface area contributed by atoms with Crippen LogP contribution in [-0.2, 0) is 9.53 Å². The number of benzene rings is 2. The number of nitrogens with one attached hydrogen (secondary N) is 1. The fraction of sp³-hybridized carbons (Fsp3) is 0.364. The van der Waals surface area contributed by atoms with E-state index < -0.39 is 18.0 Å². The Labute approximate surface area is 170 Å². The number of amides is 1. The lowest BCUT2D eigenvalue weighted by Gasteiger charge is -2.15. The normalized spacial score (nSPS) is 11.3. The van der Waals surface area contributed by atoms with E-state index in [1.54, 1.807) is 49.6 Å². The molecule has 0 aliphatic rings.